The Kier molecular flexibility index (Phi) is 5.45. The van der Waals surface area contributed by atoms with E-state index in [2.05, 4.69) is 4.98 Å². The third kappa shape index (κ3) is 4.50. The Bertz CT molecular complexity index is 844. The van der Waals surface area contributed by atoms with Crippen molar-refractivity contribution in [3.05, 3.63) is 32.6 Å². The normalized spacial score (nSPS) is 26.2. The summed E-state index contributed by atoms with van der Waals surface area (Å²) >= 11 is 0. The van der Waals surface area contributed by atoms with Crippen molar-refractivity contribution >= 4 is 7.60 Å². The van der Waals surface area contributed by atoms with Gasteiger partial charge < -0.3 is 14.2 Å². The summed E-state index contributed by atoms with van der Waals surface area (Å²) in [6.45, 7) is 7.35. The number of nitrogens with one attached hydrogen (secondary N) is 1. The molecule has 0 saturated carbocycles. The molecule has 2 heterocycles. The minimum absolute atomic E-state index is 0.0746. The van der Waals surface area contributed by atoms with Crippen molar-refractivity contribution in [1.82, 2.24) is 9.55 Å². The molecule has 4 atom stereocenters. The van der Waals surface area contributed by atoms with E-state index in [0.29, 0.717) is 12.0 Å². The van der Waals surface area contributed by atoms with E-state index in [1.54, 1.807) is 12.6 Å². The van der Waals surface area contributed by atoms with Crippen LogP contribution in [0.4, 0.5) is 0 Å². The number of rotatable bonds is 4. The summed E-state index contributed by atoms with van der Waals surface area (Å²) in [6, 6.07) is 0. The summed E-state index contributed by atoms with van der Waals surface area (Å²) < 4.78 is 23.5. The second-order valence-corrected chi connectivity index (χ2v) is 8.75. The van der Waals surface area contributed by atoms with Crippen molar-refractivity contribution in [3.63, 3.8) is 0 Å². The van der Waals surface area contributed by atoms with Crippen LogP contribution >= 0.6 is 7.60 Å². The number of hydrogen-bond acceptors (Lipinski definition) is 6. The molecule has 1 saturated heterocycles. The zero-order valence-electron chi connectivity index (χ0n) is 14.6. The first kappa shape index (κ1) is 19.7. The Labute approximate surface area is 145 Å². The van der Waals surface area contributed by atoms with E-state index >= 15 is 0 Å². The molecule has 0 radical (unpaired) electrons. The Morgan fingerprint density at radius 3 is 2.72 bits per heavy atom. The number of aromatic nitrogens is 2. The molecule has 25 heavy (non-hydrogen) atoms. The fraction of sp³-hybridized carbons (Fsp3) is 0.625. The maximum atomic E-state index is 12.1. The predicted octanol–water partition coefficient (Wildman–Crippen LogP) is 0.956. The lowest BCUT2D eigenvalue weighted by Gasteiger charge is -2.31. The molecule has 0 spiro atoms. The number of ether oxygens (including phenoxy) is 1. The van der Waals surface area contributed by atoms with E-state index in [1.165, 1.54) is 10.8 Å². The highest BCUT2D eigenvalue weighted by molar-refractivity contribution is 7.56. The maximum absolute atomic E-state index is 12.1. The van der Waals surface area contributed by atoms with Crippen molar-refractivity contribution < 1.29 is 18.7 Å². The number of hydrogen-bond donors (Lipinski definition) is 1. The molecule has 1 N–H and O–H groups in total. The first-order valence-electron chi connectivity index (χ1n) is 7.85. The van der Waals surface area contributed by atoms with Crippen LogP contribution in [0.2, 0.25) is 0 Å². The van der Waals surface area contributed by atoms with E-state index < -0.39 is 31.2 Å². The minimum atomic E-state index is -4.34. The lowest BCUT2D eigenvalue weighted by Crippen LogP contribution is -2.33. The summed E-state index contributed by atoms with van der Waals surface area (Å²) in [7, 11) is -4.34. The highest BCUT2D eigenvalue weighted by Crippen LogP contribution is 2.45. The number of aryl methyl sites for hydroxylation is 1. The Morgan fingerprint density at radius 1 is 1.52 bits per heavy atom. The van der Waals surface area contributed by atoms with Crippen molar-refractivity contribution in [1.29, 1.82) is 0 Å². The molecule has 9 heteroatoms. The van der Waals surface area contributed by atoms with Gasteiger partial charge in [0, 0.05) is 11.8 Å². The molecule has 1 fully saturated rings. The zero-order chi connectivity index (χ0) is 19.0. The average Bonchev–Trinajstić information content (AvgIpc) is 2.93. The van der Waals surface area contributed by atoms with Crippen molar-refractivity contribution in [3.8, 4) is 12.1 Å². The molecule has 0 bridgehead atoms. The second-order valence-electron chi connectivity index (χ2n) is 7.24. The molecule has 1 aromatic heterocycles. The van der Waals surface area contributed by atoms with Crippen LogP contribution in [0.3, 0.4) is 0 Å². The molecule has 1 aromatic rings. The van der Waals surface area contributed by atoms with Gasteiger partial charge in [0.1, 0.15) is 6.23 Å². The van der Waals surface area contributed by atoms with Crippen LogP contribution in [0.15, 0.2) is 15.8 Å². The average molecular weight is 369 g/mol. The van der Waals surface area contributed by atoms with Crippen LogP contribution in [0.25, 0.3) is 0 Å². The van der Waals surface area contributed by atoms with Gasteiger partial charge in [-0.25, -0.2) is 4.79 Å². The third-order valence-corrected chi connectivity index (χ3v) is 5.18. The molecule has 8 nitrogen and oxygen atoms in total. The van der Waals surface area contributed by atoms with E-state index in [1.807, 2.05) is 20.8 Å². The number of terminal acetylenes is 1. The lowest BCUT2D eigenvalue weighted by atomic mass is 9.76. The van der Waals surface area contributed by atoms with Gasteiger partial charge in [0.15, 0.2) is 0 Å². The Balaban J connectivity index is 2.29. The molecule has 2 rings (SSSR count). The van der Waals surface area contributed by atoms with Crippen molar-refractivity contribution in [2.24, 2.45) is 11.3 Å². The number of aromatic amines is 1. The minimum Gasteiger partial charge on any atom is -0.769 e. The van der Waals surface area contributed by atoms with Crippen molar-refractivity contribution in [2.45, 2.75) is 46.4 Å². The quantitative estimate of drug-likeness (QED) is 0.625. The summed E-state index contributed by atoms with van der Waals surface area (Å²) in [5.74, 6) is -0.0746. The van der Waals surface area contributed by atoms with Gasteiger partial charge >= 0.3 is 5.69 Å². The molecule has 0 aromatic carbocycles. The highest BCUT2D eigenvalue weighted by atomic mass is 31.2. The van der Waals surface area contributed by atoms with E-state index in [-0.39, 0.29) is 17.9 Å². The van der Waals surface area contributed by atoms with Gasteiger partial charge in [-0.15, -0.1) is 6.42 Å². The highest BCUT2D eigenvalue weighted by Gasteiger charge is 2.43. The Morgan fingerprint density at radius 2 is 2.16 bits per heavy atom. The fourth-order valence-corrected chi connectivity index (χ4v) is 3.39. The summed E-state index contributed by atoms with van der Waals surface area (Å²) in [6.07, 6.45) is 5.64. The zero-order valence-corrected chi connectivity index (χ0v) is 15.5. The first-order valence-corrected chi connectivity index (χ1v) is 9.40. The van der Waals surface area contributed by atoms with Crippen LogP contribution in [0, 0.1) is 30.3 Å². The van der Waals surface area contributed by atoms with E-state index in [9.17, 15) is 19.0 Å². The van der Waals surface area contributed by atoms with Crippen LogP contribution < -0.4 is 16.1 Å². The molecule has 138 valence electrons. The van der Waals surface area contributed by atoms with Crippen molar-refractivity contribution in [2.75, 3.05) is 6.61 Å². The van der Waals surface area contributed by atoms with Gasteiger partial charge in [-0.05, 0) is 30.3 Å². The largest absolute Gasteiger partial charge is 0.769 e. The first-order chi connectivity index (χ1) is 11.4. The van der Waals surface area contributed by atoms with Crippen LogP contribution in [0.5, 0.6) is 0 Å². The third-order valence-electron chi connectivity index (χ3n) is 4.37. The second kappa shape index (κ2) is 6.93. The smallest absolute Gasteiger partial charge is 0.330 e. The summed E-state index contributed by atoms with van der Waals surface area (Å²) in [4.78, 5) is 37.3. The molecule has 1 aliphatic rings. The van der Waals surface area contributed by atoms with Gasteiger partial charge in [0.2, 0.25) is 7.60 Å². The topological polar surface area (TPSA) is 113 Å². The van der Waals surface area contributed by atoms with E-state index in [0.717, 1.165) is 0 Å². The molecule has 1 aliphatic heterocycles. The predicted molar refractivity (Wildman–Crippen MR) is 89.9 cm³/mol. The van der Waals surface area contributed by atoms with Gasteiger partial charge in [-0.2, -0.15) is 0 Å². The fourth-order valence-electron chi connectivity index (χ4n) is 2.98. The van der Waals surface area contributed by atoms with Gasteiger partial charge in [0.05, 0.1) is 12.7 Å². The van der Waals surface area contributed by atoms with Gasteiger partial charge in [-0.3, -0.25) is 18.9 Å². The molecule has 0 amide bonds. The monoisotopic (exact) mass is 369 g/mol. The molecule has 0 aliphatic carbocycles. The van der Waals surface area contributed by atoms with Crippen LogP contribution in [0.1, 0.15) is 39.0 Å². The van der Waals surface area contributed by atoms with Gasteiger partial charge in [-0.1, -0.05) is 20.8 Å². The molecular formula is C16H22N2O6P-. The number of nitrogens with zero attached hydrogens (tertiary/aromatic N) is 1. The molecular weight excluding hydrogens is 347 g/mol. The SMILES string of the molecule is C#CP(=O)([O-])OC[C@H]1O[C@@H](n2cc(C)c(=O)[nH]c2=O)CC1C(C)(C)C. The standard InChI is InChI=1S/C16H23N2O6P/c1-6-25(21,22)23-9-12-11(16(3,4)5)7-13(24-12)18-8-10(2)14(19)17-15(18)20/h1,8,11-13H,7,9H2,2-5H3,(H,21,22)(H,17,19,20)/p-1/t11?,12-,13-/m1/s1. The van der Waals surface area contributed by atoms with Crippen LogP contribution in [-0.4, -0.2) is 22.3 Å². The summed E-state index contributed by atoms with van der Waals surface area (Å²) in [5.41, 5.74) is 0.750. The molecule has 2 unspecified atom stereocenters. The number of H-pyrrole nitrogens is 1. The van der Waals surface area contributed by atoms with Gasteiger partial charge in [0.25, 0.3) is 5.56 Å². The Hall–Kier alpha value is -1.65. The lowest BCUT2D eigenvalue weighted by molar-refractivity contribution is -0.196. The maximum Gasteiger partial charge on any atom is 0.330 e. The van der Waals surface area contributed by atoms with Crippen LogP contribution in [-0.2, 0) is 13.8 Å². The summed E-state index contributed by atoms with van der Waals surface area (Å²) in [5, 5.41) is 0. The van der Waals surface area contributed by atoms with E-state index in [4.69, 9.17) is 15.7 Å².